The molecule has 5 heteroatoms. The topological polar surface area (TPSA) is 47.9 Å². The van der Waals surface area contributed by atoms with Crippen molar-refractivity contribution in [3.8, 4) is 0 Å². The zero-order valence-electron chi connectivity index (χ0n) is 21.5. The Hall–Kier alpha value is -0.203. The highest BCUT2D eigenvalue weighted by molar-refractivity contribution is 6.74. The monoisotopic (exact) mass is 462 g/mol. The van der Waals surface area contributed by atoms with Gasteiger partial charge in [0.1, 0.15) is 0 Å². The lowest BCUT2D eigenvalue weighted by Crippen LogP contribution is -2.58. The maximum Gasteiger partial charge on any atom is 0.192 e. The molecule has 0 amide bonds. The Bertz CT molecular complexity index is 779. The van der Waals surface area contributed by atoms with Crippen LogP contribution in [-0.2, 0) is 13.9 Å². The molecular formula is C27H46O4Si. The van der Waals surface area contributed by atoms with Gasteiger partial charge in [-0.2, -0.15) is 0 Å². The minimum atomic E-state index is -1.79. The molecule has 182 valence electrons. The fourth-order valence-electron chi connectivity index (χ4n) is 8.20. The third-order valence-electron chi connectivity index (χ3n) is 11.1. The van der Waals surface area contributed by atoms with Crippen LogP contribution in [0, 0.1) is 28.6 Å². The predicted octanol–water partition coefficient (Wildman–Crippen LogP) is 6.05. The van der Waals surface area contributed by atoms with Gasteiger partial charge in [-0.1, -0.05) is 46.3 Å². The summed E-state index contributed by atoms with van der Waals surface area (Å²) in [4.78, 5) is 0. The molecule has 4 fully saturated rings. The maximum atomic E-state index is 11.5. The molecule has 0 bridgehead atoms. The van der Waals surface area contributed by atoms with Gasteiger partial charge in [-0.3, -0.25) is 0 Å². The summed E-state index contributed by atoms with van der Waals surface area (Å²) in [6, 6.07) is 0. The molecule has 0 radical (unpaired) electrons. The van der Waals surface area contributed by atoms with E-state index in [0.29, 0.717) is 23.9 Å². The summed E-state index contributed by atoms with van der Waals surface area (Å²) in [5.41, 5.74) is 1.70. The first-order valence-electron chi connectivity index (χ1n) is 13.2. The fourth-order valence-corrected chi connectivity index (χ4v) is 9.58. The molecule has 1 spiro atoms. The average molecular weight is 463 g/mol. The molecule has 4 aliphatic carbocycles. The van der Waals surface area contributed by atoms with Crippen molar-refractivity contribution in [1.82, 2.24) is 0 Å². The van der Waals surface area contributed by atoms with E-state index in [1.54, 1.807) is 0 Å². The fraction of sp³-hybridized carbons (Fsp3) is 0.926. The molecule has 3 saturated carbocycles. The SMILES string of the molecule is CC(C)(C)[Si](C)(C)O[C@H]1CC[C@@]2(C)C(=C[C@H](O)C3C2CC[C@@]2(C)C3CCC23OCCO3)C1. The van der Waals surface area contributed by atoms with Gasteiger partial charge in [0.05, 0.1) is 19.3 Å². The summed E-state index contributed by atoms with van der Waals surface area (Å²) in [7, 11) is -1.79. The standard InChI is InChI=1S/C27H46O4Si/c1-24(2,3)32(6,7)31-19-8-11-25(4)18(16-19)17-22(28)23-20(25)9-12-26(5)21(23)10-13-27(26)29-14-15-30-27/h17,19-23,28H,8-16H2,1-7H3/t19-,20?,21?,22-,23?,25-,26-/m0/s1. The Morgan fingerprint density at radius 1 is 1.00 bits per heavy atom. The molecule has 0 aromatic heterocycles. The zero-order valence-corrected chi connectivity index (χ0v) is 22.5. The Kier molecular flexibility index (Phi) is 5.44. The number of aliphatic hydroxyl groups excluding tert-OH is 1. The van der Waals surface area contributed by atoms with Crippen LogP contribution < -0.4 is 0 Å². The normalized spacial score (nSPS) is 45.9. The lowest BCUT2D eigenvalue weighted by atomic mass is 9.47. The second-order valence-corrected chi connectivity index (χ2v) is 18.3. The van der Waals surface area contributed by atoms with Crippen molar-refractivity contribution in [3.63, 3.8) is 0 Å². The van der Waals surface area contributed by atoms with Crippen LogP contribution in [0.2, 0.25) is 18.1 Å². The Morgan fingerprint density at radius 3 is 2.31 bits per heavy atom. The van der Waals surface area contributed by atoms with E-state index < -0.39 is 14.1 Å². The van der Waals surface area contributed by atoms with Crippen LogP contribution >= 0.6 is 0 Å². The number of ether oxygens (including phenoxy) is 2. The lowest BCUT2D eigenvalue weighted by molar-refractivity contribution is -0.246. The summed E-state index contributed by atoms with van der Waals surface area (Å²) >= 11 is 0. The minimum absolute atomic E-state index is 0.0238. The maximum absolute atomic E-state index is 11.5. The van der Waals surface area contributed by atoms with E-state index in [-0.39, 0.29) is 22.0 Å². The molecular weight excluding hydrogens is 416 g/mol. The molecule has 1 heterocycles. The molecule has 0 aromatic rings. The molecule has 7 atom stereocenters. The van der Waals surface area contributed by atoms with Crippen molar-refractivity contribution in [3.05, 3.63) is 11.6 Å². The molecule has 5 aliphatic rings. The highest BCUT2D eigenvalue weighted by Crippen LogP contribution is 2.68. The van der Waals surface area contributed by atoms with Gasteiger partial charge in [0.15, 0.2) is 14.1 Å². The highest BCUT2D eigenvalue weighted by atomic mass is 28.4. The third kappa shape index (κ3) is 3.21. The van der Waals surface area contributed by atoms with Crippen LogP contribution in [0.25, 0.3) is 0 Å². The van der Waals surface area contributed by atoms with Crippen molar-refractivity contribution in [1.29, 1.82) is 0 Å². The van der Waals surface area contributed by atoms with Crippen molar-refractivity contribution in [2.75, 3.05) is 13.2 Å². The highest BCUT2D eigenvalue weighted by Gasteiger charge is 2.67. The van der Waals surface area contributed by atoms with E-state index in [1.807, 2.05) is 0 Å². The van der Waals surface area contributed by atoms with Gasteiger partial charge in [0.2, 0.25) is 0 Å². The smallest absolute Gasteiger partial charge is 0.192 e. The van der Waals surface area contributed by atoms with E-state index in [0.717, 1.165) is 45.3 Å². The number of fused-ring (bicyclic) bond motifs is 6. The van der Waals surface area contributed by atoms with Gasteiger partial charge in [0.25, 0.3) is 0 Å². The lowest BCUT2D eigenvalue weighted by Gasteiger charge is -2.60. The van der Waals surface area contributed by atoms with E-state index in [2.05, 4.69) is 53.8 Å². The van der Waals surface area contributed by atoms with Gasteiger partial charge >= 0.3 is 0 Å². The first-order chi connectivity index (χ1) is 14.8. The van der Waals surface area contributed by atoms with Gasteiger partial charge in [-0.05, 0) is 79.8 Å². The first-order valence-corrected chi connectivity index (χ1v) is 16.1. The first kappa shape index (κ1) is 23.5. The summed E-state index contributed by atoms with van der Waals surface area (Å²) in [6.07, 6.45) is 9.98. The molecule has 5 rings (SSSR count). The van der Waals surface area contributed by atoms with Crippen LogP contribution in [-0.4, -0.2) is 44.6 Å². The predicted molar refractivity (Wildman–Crippen MR) is 130 cm³/mol. The molecule has 1 aliphatic heterocycles. The quantitative estimate of drug-likeness (QED) is 0.401. The zero-order chi connectivity index (χ0) is 23.2. The second kappa shape index (κ2) is 7.40. The van der Waals surface area contributed by atoms with Crippen LogP contribution in [0.3, 0.4) is 0 Å². The summed E-state index contributed by atoms with van der Waals surface area (Å²) in [5, 5.41) is 11.7. The van der Waals surface area contributed by atoms with Crippen LogP contribution in [0.5, 0.6) is 0 Å². The number of rotatable bonds is 2. The van der Waals surface area contributed by atoms with Gasteiger partial charge in [0, 0.05) is 17.9 Å². The Morgan fingerprint density at radius 2 is 1.66 bits per heavy atom. The van der Waals surface area contributed by atoms with E-state index >= 15 is 0 Å². The summed E-state index contributed by atoms with van der Waals surface area (Å²) < 4.78 is 19.4. The van der Waals surface area contributed by atoms with E-state index in [1.165, 1.54) is 18.4 Å². The van der Waals surface area contributed by atoms with Crippen molar-refractivity contribution in [2.24, 2.45) is 28.6 Å². The summed E-state index contributed by atoms with van der Waals surface area (Å²) in [5.74, 6) is 0.959. The minimum Gasteiger partial charge on any atom is -0.414 e. The summed E-state index contributed by atoms with van der Waals surface area (Å²) in [6.45, 7) is 18.0. The second-order valence-electron chi connectivity index (χ2n) is 13.6. The number of hydrogen-bond acceptors (Lipinski definition) is 4. The Labute approximate surface area is 196 Å². The third-order valence-corrected chi connectivity index (χ3v) is 15.7. The molecule has 1 saturated heterocycles. The molecule has 1 N–H and O–H groups in total. The van der Waals surface area contributed by atoms with Crippen LogP contribution in [0.4, 0.5) is 0 Å². The number of hydrogen-bond donors (Lipinski definition) is 1. The van der Waals surface area contributed by atoms with E-state index in [9.17, 15) is 5.11 Å². The largest absolute Gasteiger partial charge is 0.414 e. The van der Waals surface area contributed by atoms with Crippen LogP contribution in [0.15, 0.2) is 11.6 Å². The number of aliphatic hydroxyl groups is 1. The van der Waals surface area contributed by atoms with Crippen molar-refractivity contribution < 1.29 is 19.0 Å². The van der Waals surface area contributed by atoms with Gasteiger partial charge in [-0.15, -0.1) is 0 Å². The van der Waals surface area contributed by atoms with Gasteiger partial charge < -0.3 is 19.0 Å². The molecule has 4 nitrogen and oxygen atoms in total. The van der Waals surface area contributed by atoms with E-state index in [4.69, 9.17) is 13.9 Å². The van der Waals surface area contributed by atoms with Crippen LogP contribution in [0.1, 0.15) is 79.6 Å². The molecule has 3 unspecified atom stereocenters. The Balaban J connectivity index is 1.40. The van der Waals surface area contributed by atoms with Gasteiger partial charge in [-0.25, -0.2) is 0 Å². The van der Waals surface area contributed by atoms with Crippen molar-refractivity contribution in [2.45, 2.75) is 116 Å². The average Bonchev–Trinajstić information content (AvgIpc) is 3.28. The molecule has 0 aromatic carbocycles. The molecule has 32 heavy (non-hydrogen) atoms. The van der Waals surface area contributed by atoms with Crippen molar-refractivity contribution >= 4 is 8.32 Å².